The van der Waals surface area contributed by atoms with Crippen molar-refractivity contribution in [1.29, 1.82) is 0 Å². The summed E-state index contributed by atoms with van der Waals surface area (Å²) in [6.45, 7) is -0.778. The fourth-order valence-electron chi connectivity index (χ4n) is 1.90. The van der Waals surface area contributed by atoms with Crippen molar-refractivity contribution in [3.63, 3.8) is 0 Å². The van der Waals surface area contributed by atoms with Crippen LogP contribution in [0.25, 0.3) is 0 Å². The lowest BCUT2D eigenvalue weighted by molar-refractivity contribution is -0.263. The van der Waals surface area contributed by atoms with Crippen molar-refractivity contribution in [2.75, 3.05) is 18.8 Å². The number of carbonyl (C=O) groups is 1. The molecule has 0 saturated carbocycles. The van der Waals surface area contributed by atoms with Gasteiger partial charge in [0.15, 0.2) is 11.4 Å². The minimum atomic E-state index is -4.83. The van der Waals surface area contributed by atoms with E-state index >= 15 is 0 Å². The van der Waals surface area contributed by atoms with Gasteiger partial charge in [0.1, 0.15) is 0 Å². The Hall–Kier alpha value is -0.870. The number of aliphatic hydroxyl groups is 1. The molecular formula is C9H14F3NO5S. The van der Waals surface area contributed by atoms with Crippen molar-refractivity contribution in [1.82, 2.24) is 4.31 Å². The molecule has 112 valence electrons. The van der Waals surface area contributed by atoms with E-state index in [0.29, 0.717) is 4.31 Å². The summed E-state index contributed by atoms with van der Waals surface area (Å²) in [4.78, 5) is 10.4. The molecule has 1 fully saturated rings. The van der Waals surface area contributed by atoms with Gasteiger partial charge in [-0.2, -0.15) is 13.2 Å². The molecule has 19 heavy (non-hydrogen) atoms. The Morgan fingerprint density at radius 2 is 1.84 bits per heavy atom. The van der Waals surface area contributed by atoms with Crippen LogP contribution >= 0.6 is 0 Å². The molecule has 2 N–H and O–H groups in total. The number of alkyl halides is 3. The smallest absolute Gasteiger partial charge is 0.417 e. The first-order valence-electron chi connectivity index (χ1n) is 5.47. The molecule has 1 unspecified atom stereocenters. The van der Waals surface area contributed by atoms with Crippen LogP contribution in [0.3, 0.4) is 0 Å². The van der Waals surface area contributed by atoms with E-state index < -0.39 is 52.9 Å². The van der Waals surface area contributed by atoms with Gasteiger partial charge < -0.3 is 10.2 Å². The molecule has 0 radical (unpaired) electrons. The van der Waals surface area contributed by atoms with Gasteiger partial charge in [-0.3, -0.25) is 4.79 Å². The number of halogens is 3. The van der Waals surface area contributed by atoms with Crippen molar-refractivity contribution >= 4 is 16.0 Å². The van der Waals surface area contributed by atoms with Gasteiger partial charge in [-0.25, -0.2) is 12.7 Å². The third-order valence-electron chi connectivity index (χ3n) is 3.00. The molecule has 0 aliphatic carbocycles. The van der Waals surface area contributed by atoms with Gasteiger partial charge in [0.2, 0.25) is 10.0 Å². The largest absolute Gasteiger partial charge is 0.480 e. The molecule has 1 saturated heterocycles. The molecule has 1 aliphatic rings. The Balaban J connectivity index is 2.83. The number of sulfonamides is 1. The highest BCUT2D eigenvalue weighted by molar-refractivity contribution is 7.89. The van der Waals surface area contributed by atoms with Crippen molar-refractivity contribution in [3.05, 3.63) is 0 Å². The van der Waals surface area contributed by atoms with Crippen LogP contribution in [-0.4, -0.2) is 59.5 Å². The van der Waals surface area contributed by atoms with E-state index in [0.717, 1.165) is 0 Å². The second-order valence-corrected chi connectivity index (χ2v) is 6.40. The van der Waals surface area contributed by atoms with Gasteiger partial charge in [-0.1, -0.05) is 0 Å². The standard InChI is InChI=1S/C9H14F3NO5S/c10-9(11,12)8(16)2-1-4-13(5-3-8)19(17,18)6-7(14)15/h16H,1-6H2,(H,14,15). The molecule has 0 spiro atoms. The summed E-state index contributed by atoms with van der Waals surface area (Å²) in [5.74, 6) is -2.74. The molecule has 0 aromatic heterocycles. The Bertz CT molecular complexity index is 449. The fourth-order valence-corrected chi connectivity index (χ4v) is 3.17. The zero-order valence-corrected chi connectivity index (χ0v) is 10.7. The third-order valence-corrected chi connectivity index (χ3v) is 4.76. The van der Waals surface area contributed by atoms with E-state index in [-0.39, 0.29) is 13.0 Å². The average Bonchev–Trinajstić information content (AvgIpc) is 2.38. The first kappa shape index (κ1) is 16.2. The predicted octanol–water partition coefficient (Wildman–Crippen LogP) is 0.180. The zero-order chi connectivity index (χ0) is 14.9. The summed E-state index contributed by atoms with van der Waals surface area (Å²) in [7, 11) is -4.15. The summed E-state index contributed by atoms with van der Waals surface area (Å²) >= 11 is 0. The fraction of sp³-hybridized carbons (Fsp3) is 0.889. The first-order chi connectivity index (χ1) is 8.48. The maximum atomic E-state index is 12.6. The maximum Gasteiger partial charge on any atom is 0.417 e. The Morgan fingerprint density at radius 3 is 2.32 bits per heavy atom. The second-order valence-electron chi connectivity index (χ2n) is 4.43. The van der Waals surface area contributed by atoms with Gasteiger partial charge >= 0.3 is 12.1 Å². The van der Waals surface area contributed by atoms with E-state index in [1.807, 2.05) is 0 Å². The summed E-state index contributed by atoms with van der Waals surface area (Å²) in [5.41, 5.74) is -2.92. The monoisotopic (exact) mass is 305 g/mol. The predicted molar refractivity (Wildman–Crippen MR) is 57.9 cm³/mol. The normalized spacial score (nSPS) is 26.9. The lowest BCUT2D eigenvalue weighted by atomic mass is 9.94. The Morgan fingerprint density at radius 1 is 1.26 bits per heavy atom. The van der Waals surface area contributed by atoms with Crippen LogP contribution in [0.1, 0.15) is 19.3 Å². The SMILES string of the molecule is O=C(O)CS(=O)(=O)N1CCCC(O)(C(F)(F)F)CC1. The van der Waals surface area contributed by atoms with Crippen LogP contribution in [0.2, 0.25) is 0 Å². The number of rotatable bonds is 3. The number of hydrogen-bond donors (Lipinski definition) is 2. The van der Waals surface area contributed by atoms with Gasteiger partial charge in [0.05, 0.1) is 0 Å². The minimum absolute atomic E-state index is 0.186. The molecule has 1 rings (SSSR count). The average molecular weight is 305 g/mol. The lowest BCUT2D eigenvalue weighted by Crippen LogP contribution is -2.46. The molecule has 0 aromatic carbocycles. The first-order valence-corrected chi connectivity index (χ1v) is 7.08. The van der Waals surface area contributed by atoms with Gasteiger partial charge in [-0.15, -0.1) is 0 Å². The third kappa shape index (κ3) is 3.80. The molecule has 6 nitrogen and oxygen atoms in total. The molecule has 1 atom stereocenters. The lowest BCUT2D eigenvalue weighted by Gasteiger charge is -2.29. The Labute approximate surface area is 107 Å². The van der Waals surface area contributed by atoms with E-state index in [1.54, 1.807) is 0 Å². The number of hydrogen-bond acceptors (Lipinski definition) is 4. The van der Waals surface area contributed by atoms with Crippen LogP contribution in [0.4, 0.5) is 13.2 Å². The molecule has 0 bridgehead atoms. The minimum Gasteiger partial charge on any atom is -0.480 e. The van der Waals surface area contributed by atoms with Gasteiger partial charge in [0.25, 0.3) is 0 Å². The molecule has 10 heteroatoms. The number of aliphatic carboxylic acids is 1. The summed E-state index contributed by atoms with van der Waals surface area (Å²) < 4.78 is 61.8. The highest BCUT2D eigenvalue weighted by atomic mass is 32.2. The van der Waals surface area contributed by atoms with E-state index in [1.165, 1.54) is 0 Å². The molecule has 0 aromatic rings. The number of carboxylic acid groups (broad SMARTS) is 1. The summed E-state index contributed by atoms with van der Waals surface area (Å²) in [6.07, 6.45) is -6.42. The van der Waals surface area contributed by atoms with E-state index in [9.17, 15) is 31.5 Å². The van der Waals surface area contributed by atoms with Gasteiger partial charge in [-0.05, 0) is 19.3 Å². The Kier molecular flexibility index (Phi) is 4.47. The van der Waals surface area contributed by atoms with Crippen LogP contribution in [0.15, 0.2) is 0 Å². The van der Waals surface area contributed by atoms with Crippen molar-refractivity contribution in [2.24, 2.45) is 0 Å². The molecule has 1 heterocycles. The van der Waals surface area contributed by atoms with Crippen molar-refractivity contribution in [3.8, 4) is 0 Å². The van der Waals surface area contributed by atoms with Crippen molar-refractivity contribution in [2.45, 2.75) is 31.0 Å². The molecular weight excluding hydrogens is 291 g/mol. The topological polar surface area (TPSA) is 94.9 Å². The molecule has 1 aliphatic heterocycles. The van der Waals surface area contributed by atoms with Gasteiger partial charge in [0, 0.05) is 13.1 Å². The van der Waals surface area contributed by atoms with Crippen LogP contribution < -0.4 is 0 Å². The van der Waals surface area contributed by atoms with Crippen LogP contribution in [0, 0.1) is 0 Å². The molecule has 0 amide bonds. The number of nitrogens with zero attached hydrogens (tertiary/aromatic N) is 1. The zero-order valence-electron chi connectivity index (χ0n) is 9.85. The second kappa shape index (κ2) is 5.25. The number of carboxylic acids is 1. The van der Waals surface area contributed by atoms with Crippen molar-refractivity contribution < 1.29 is 36.6 Å². The maximum absolute atomic E-state index is 12.6. The highest BCUT2D eigenvalue weighted by Crippen LogP contribution is 2.38. The van der Waals surface area contributed by atoms with Crippen LogP contribution in [-0.2, 0) is 14.8 Å². The summed E-state index contributed by atoms with van der Waals surface area (Å²) in [5, 5.41) is 17.9. The summed E-state index contributed by atoms with van der Waals surface area (Å²) in [6, 6.07) is 0. The van der Waals surface area contributed by atoms with E-state index in [4.69, 9.17) is 5.11 Å². The quantitative estimate of drug-likeness (QED) is 0.775. The van der Waals surface area contributed by atoms with Crippen LogP contribution in [0.5, 0.6) is 0 Å². The van der Waals surface area contributed by atoms with E-state index in [2.05, 4.69) is 0 Å². The highest BCUT2D eigenvalue weighted by Gasteiger charge is 2.54.